The molecule has 172 valence electrons. The van der Waals surface area contributed by atoms with Crippen LogP contribution in [0.3, 0.4) is 0 Å². The molecule has 1 atom stereocenters. The van der Waals surface area contributed by atoms with Gasteiger partial charge in [-0.2, -0.15) is 0 Å². The topological polar surface area (TPSA) is 57.2 Å². The highest BCUT2D eigenvalue weighted by Gasteiger charge is 2.39. The standard InChI is InChI=1S/C21H32FNO5.C2H6/c1-7-27-18(26-6)16-9-8-15(14-17(16)25-5)21(22)10-12-23(13-11-21)19(24)28-20(2,3)4;1-2/h8-9,14,18H,7,10-13H2,1-6H3;1-2H3. The van der Waals surface area contributed by atoms with Crippen molar-refractivity contribution in [3.63, 3.8) is 0 Å². The Bertz CT molecular complexity index is 666. The van der Waals surface area contributed by atoms with Gasteiger partial charge in [0.2, 0.25) is 0 Å². The molecule has 0 aliphatic carbocycles. The molecule has 0 spiro atoms. The second-order valence-electron chi connectivity index (χ2n) is 7.91. The van der Waals surface area contributed by atoms with Gasteiger partial charge in [0.15, 0.2) is 6.29 Å². The number of likely N-dealkylation sites (tertiary alicyclic amines) is 1. The van der Waals surface area contributed by atoms with Gasteiger partial charge < -0.3 is 23.8 Å². The van der Waals surface area contributed by atoms with E-state index in [1.165, 1.54) is 7.11 Å². The number of carbonyl (C=O) groups excluding carboxylic acids is 1. The summed E-state index contributed by atoms with van der Waals surface area (Å²) in [6.45, 7) is 12.4. The fourth-order valence-electron chi connectivity index (χ4n) is 3.28. The van der Waals surface area contributed by atoms with Crippen LogP contribution in [0.2, 0.25) is 0 Å². The van der Waals surface area contributed by atoms with E-state index in [9.17, 15) is 4.79 Å². The van der Waals surface area contributed by atoms with E-state index in [-0.39, 0.29) is 12.8 Å². The predicted octanol–water partition coefficient (Wildman–Crippen LogP) is 5.60. The molecule has 0 bridgehead atoms. The molecule has 1 unspecified atom stereocenters. The van der Waals surface area contributed by atoms with Gasteiger partial charge in [0.1, 0.15) is 17.0 Å². The second-order valence-corrected chi connectivity index (χ2v) is 7.91. The molecule has 6 nitrogen and oxygen atoms in total. The molecule has 1 amide bonds. The quantitative estimate of drug-likeness (QED) is 0.553. The van der Waals surface area contributed by atoms with E-state index in [0.29, 0.717) is 36.6 Å². The van der Waals surface area contributed by atoms with Crippen molar-refractivity contribution < 1.29 is 28.1 Å². The molecule has 0 radical (unpaired) electrons. The van der Waals surface area contributed by atoms with Crippen LogP contribution in [0.25, 0.3) is 0 Å². The zero-order chi connectivity index (χ0) is 22.9. The minimum absolute atomic E-state index is 0.202. The molecular weight excluding hydrogens is 389 g/mol. The molecule has 0 aromatic heterocycles. The first-order chi connectivity index (χ1) is 14.1. The van der Waals surface area contributed by atoms with E-state index < -0.39 is 23.7 Å². The number of ether oxygens (including phenoxy) is 4. The van der Waals surface area contributed by atoms with Crippen LogP contribution in [0.15, 0.2) is 18.2 Å². The van der Waals surface area contributed by atoms with Crippen molar-refractivity contribution in [2.24, 2.45) is 0 Å². The average molecular weight is 428 g/mol. The minimum atomic E-state index is -1.53. The summed E-state index contributed by atoms with van der Waals surface area (Å²) < 4.78 is 37.4. The Morgan fingerprint density at radius 1 is 1.20 bits per heavy atom. The third kappa shape index (κ3) is 6.84. The summed E-state index contributed by atoms with van der Waals surface area (Å²) in [5, 5.41) is 0. The number of piperidine rings is 1. The van der Waals surface area contributed by atoms with Crippen molar-refractivity contribution in [1.82, 2.24) is 4.90 Å². The van der Waals surface area contributed by atoms with Gasteiger partial charge in [-0.05, 0) is 45.4 Å². The van der Waals surface area contributed by atoms with E-state index in [1.54, 1.807) is 30.2 Å². The van der Waals surface area contributed by atoms with Gasteiger partial charge in [0, 0.05) is 45.2 Å². The molecule has 1 aliphatic rings. The maximum atomic E-state index is 15.7. The number of methoxy groups -OCH3 is 2. The van der Waals surface area contributed by atoms with Gasteiger partial charge in [-0.3, -0.25) is 0 Å². The molecule has 0 N–H and O–H groups in total. The molecule has 2 rings (SSSR count). The van der Waals surface area contributed by atoms with Crippen LogP contribution in [-0.4, -0.2) is 50.5 Å². The Hall–Kier alpha value is -1.86. The van der Waals surface area contributed by atoms with Crippen LogP contribution in [0, 0.1) is 0 Å². The lowest BCUT2D eigenvalue weighted by molar-refractivity contribution is -0.124. The highest BCUT2D eigenvalue weighted by molar-refractivity contribution is 5.68. The smallest absolute Gasteiger partial charge is 0.410 e. The van der Waals surface area contributed by atoms with E-state index in [1.807, 2.05) is 41.5 Å². The van der Waals surface area contributed by atoms with E-state index in [4.69, 9.17) is 18.9 Å². The third-order valence-electron chi connectivity index (χ3n) is 4.74. The van der Waals surface area contributed by atoms with Crippen LogP contribution in [-0.2, 0) is 19.9 Å². The van der Waals surface area contributed by atoms with Gasteiger partial charge >= 0.3 is 6.09 Å². The van der Waals surface area contributed by atoms with Crippen LogP contribution >= 0.6 is 0 Å². The van der Waals surface area contributed by atoms with E-state index >= 15 is 4.39 Å². The van der Waals surface area contributed by atoms with Crippen molar-refractivity contribution in [3.8, 4) is 5.75 Å². The first-order valence-corrected chi connectivity index (χ1v) is 10.6. The zero-order valence-electron chi connectivity index (χ0n) is 19.7. The average Bonchev–Trinajstić information content (AvgIpc) is 2.72. The summed E-state index contributed by atoms with van der Waals surface area (Å²) in [4.78, 5) is 13.8. The van der Waals surface area contributed by atoms with Gasteiger partial charge in [0.25, 0.3) is 0 Å². The fraction of sp³-hybridized carbons (Fsp3) is 0.696. The lowest BCUT2D eigenvalue weighted by atomic mass is 9.85. The Balaban J connectivity index is 0.00000218. The molecule has 1 aromatic rings. The summed E-state index contributed by atoms with van der Waals surface area (Å²) in [6.07, 6.45) is -0.567. The van der Waals surface area contributed by atoms with Crippen LogP contribution in [0.5, 0.6) is 5.75 Å². The number of halogens is 1. The molecule has 1 fully saturated rings. The van der Waals surface area contributed by atoms with E-state index in [2.05, 4.69) is 0 Å². The number of benzene rings is 1. The SMILES string of the molecule is CC.CCOC(OC)c1ccc(C2(F)CCN(C(=O)OC(C)(C)C)CC2)cc1OC. The highest BCUT2D eigenvalue weighted by atomic mass is 19.1. The fourth-order valence-corrected chi connectivity index (χ4v) is 3.28. The molecule has 1 aromatic carbocycles. The molecule has 1 saturated heterocycles. The largest absolute Gasteiger partial charge is 0.496 e. The van der Waals surface area contributed by atoms with Crippen molar-refractivity contribution in [2.45, 2.75) is 71.9 Å². The number of alkyl halides is 1. The summed E-state index contributed by atoms with van der Waals surface area (Å²) in [5.41, 5.74) is -0.852. The van der Waals surface area contributed by atoms with E-state index in [0.717, 1.165) is 0 Å². The minimum Gasteiger partial charge on any atom is -0.496 e. The second kappa shape index (κ2) is 11.5. The molecule has 7 heteroatoms. The maximum Gasteiger partial charge on any atom is 0.410 e. The Morgan fingerprint density at radius 3 is 2.27 bits per heavy atom. The van der Waals surface area contributed by atoms with Gasteiger partial charge in [-0.15, -0.1) is 0 Å². The lowest BCUT2D eigenvalue weighted by Gasteiger charge is -2.37. The molecular formula is C23H38FNO5. The maximum absolute atomic E-state index is 15.7. The number of hydrogen-bond donors (Lipinski definition) is 0. The number of nitrogens with zero attached hydrogens (tertiary/aromatic N) is 1. The lowest BCUT2D eigenvalue weighted by Crippen LogP contribution is -2.45. The molecule has 30 heavy (non-hydrogen) atoms. The molecule has 1 heterocycles. The molecule has 0 saturated carbocycles. The van der Waals surface area contributed by atoms with Gasteiger partial charge in [0.05, 0.1) is 7.11 Å². The van der Waals surface area contributed by atoms with Crippen LogP contribution < -0.4 is 4.74 Å². The number of carbonyl (C=O) groups is 1. The summed E-state index contributed by atoms with van der Waals surface area (Å²) in [6, 6.07) is 5.22. The van der Waals surface area contributed by atoms with Crippen LogP contribution in [0.1, 0.15) is 71.8 Å². The number of hydrogen-bond acceptors (Lipinski definition) is 5. The summed E-state index contributed by atoms with van der Waals surface area (Å²) >= 11 is 0. The number of amides is 1. The normalized spacial score (nSPS) is 16.9. The van der Waals surface area contributed by atoms with Crippen molar-refractivity contribution in [1.29, 1.82) is 0 Å². The molecule has 1 aliphatic heterocycles. The van der Waals surface area contributed by atoms with Gasteiger partial charge in [-0.1, -0.05) is 19.9 Å². The zero-order valence-corrected chi connectivity index (χ0v) is 19.7. The summed E-state index contributed by atoms with van der Waals surface area (Å²) in [7, 11) is 3.09. The van der Waals surface area contributed by atoms with Crippen molar-refractivity contribution >= 4 is 6.09 Å². The van der Waals surface area contributed by atoms with Gasteiger partial charge in [-0.25, -0.2) is 9.18 Å². The third-order valence-corrected chi connectivity index (χ3v) is 4.74. The first-order valence-electron chi connectivity index (χ1n) is 10.6. The monoisotopic (exact) mass is 427 g/mol. The first kappa shape index (κ1) is 26.2. The Labute approximate surface area is 180 Å². The van der Waals surface area contributed by atoms with Crippen LogP contribution in [0.4, 0.5) is 9.18 Å². The number of rotatable bonds is 6. The van der Waals surface area contributed by atoms with Crippen molar-refractivity contribution in [3.05, 3.63) is 29.3 Å². The highest BCUT2D eigenvalue weighted by Crippen LogP contribution is 2.40. The van der Waals surface area contributed by atoms with Crippen molar-refractivity contribution in [2.75, 3.05) is 33.9 Å². The summed E-state index contributed by atoms with van der Waals surface area (Å²) in [5.74, 6) is 0.518. The Kier molecular flexibility index (Phi) is 10.0. The predicted molar refractivity (Wildman–Crippen MR) is 116 cm³/mol. The Morgan fingerprint density at radius 2 is 1.80 bits per heavy atom.